The lowest BCUT2D eigenvalue weighted by Crippen LogP contribution is -2.68. The van der Waals surface area contributed by atoms with E-state index in [1.165, 1.54) is 0 Å². The molecule has 4 rings (SSSR count). The number of ether oxygens (including phenoxy) is 2. The van der Waals surface area contributed by atoms with Gasteiger partial charge in [-0.15, -0.1) is 0 Å². The molecular weight excluding hydrogens is 406 g/mol. The van der Waals surface area contributed by atoms with Gasteiger partial charge in [0.05, 0.1) is 25.7 Å². The molecule has 7 nitrogen and oxygen atoms in total. The normalized spacial score (nSPS) is 21.9. The summed E-state index contributed by atoms with van der Waals surface area (Å²) in [5.41, 5.74) is 7.42. The molecular formula is C25H31N3O4. The molecule has 2 fully saturated rings. The SMILES string of the molecule is COc1ccc(CN2CC3(CCCN(C(COCc4ccccc4)C(N)=O)C3)C2=O)cc1. The average Bonchev–Trinajstić information content (AvgIpc) is 2.82. The van der Waals surface area contributed by atoms with Crippen LogP contribution in [-0.4, -0.2) is 61.0 Å². The molecule has 2 saturated heterocycles. The third-order valence-corrected chi connectivity index (χ3v) is 6.53. The highest BCUT2D eigenvalue weighted by molar-refractivity contribution is 5.89. The van der Waals surface area contributed by atoms with Gasteiger partial charge in [0, 0.05) is 19.6 Å². The fourth-order valence-corrected chi connectivity index (χ4v) is 4.80. The number of methoxy groups -OCH3 is 1. The van der Waals surface area contributed by atoms with E-state index in [0.29, 0.717) is 26.2 Å². The number of carbonyl (C=O) groups excluding carboxylic acids is 2. The molecule has 32 heavy (non-hydrogen) atoms. The van der Waals surface area contributed by atoms with Crippen LogP contribution in [0.15, 0.2) is 54.6 Å². The first kappa shape index (κ1) is 22.3. The maximum absolute atomic E-state index is 13.1. The van der Waals surface area contributed by atoms with Gasteiger partial charge in [0.25, 0.3) is 0 Å². The van der Waals surface area contributed by atoms with Crippen LogP contribution in [0.1, 0.15) is 24.0 Å². The maximum atomic E-state index is 13.1. The van der Waals surface area contributed by atoms with E-state index in [4.69, 9.17) is 15.2 Å². The fraction of sp³-hybridized carbons (Fsp3) is 0.440. The molecule has 2 aliphatic rings. The number of benzene rings is 2. The van der Waals surface area contributed by atoms with Gasteiger partial charge >= 0.3 is 0 Å². The van der Waals surface area contributed by atoms with Crippen LogP contribution in [0.2, 0.25) is 0 Å². The highest BCUT2D eigenvalue weighted by atomic mass is 16.5. The largest absolute Gasteiger partial charge is 0.497 e. The van der Waals surface area contributed by atoms with Gasteiger partial charge in [-0.05, 0) is 42.6 Å². The molecule has 7 heteroatoms. The molecule has 2 heterocycles. The molecule has 0 aliphatic carbocycles. The minimum Gasteiger partial charge on any atom is -0.497 e. The Hall–Kier alpha value is -2.90. The van der Waals surface area contributed by atoms with Crippen LogP contribution in [0.25, 0.3) is 0 Å². The van der Waals surface area contributed by atoms with Crippen molar-refractivity contribution in [3.05, 3.63) is 65.7 Å². The van der Waals surface area contributed by atoms with Gasteiger partial charge in [0.1, 0.15) is 11.8 Å². The minimum atomic E-state index is -0.528. The first-order chi connectivity index (χ1) is 15.5. The van der Waals surface area contributed by atoms with E-state index in [-0.39, 0.29) is 12.5 Å². The van der Waals surface area contributed by atoms with Crippen molar-refractivity contribution in [2.45, 2.75) is 32.0 Å². The Kier molecular flexibility index (Phi) is 6.77. The van der Waals surface area contributed by atoms with Crippen molar-refractivity contribution >= 4 is 11.8 Å². The van der Waals surface area contributed by atoms with E-state index in [0.717, 1.165) is 36.3 Å². The molecule has 170 valence electrons. The number of piperidine rings is 1. The molecule has 2 aromatic rings. The van der Waals surface area contributed by atoms with Gasteiger partial charge in [0.15, 0.2) is 0 Å². The van der Waals surface area contributed by atoms with Crippen molar-refractivity contribution in [2.75, 3.05) is 33.4 Å². The number of carbonyl (C=O) groups is 2. The van der Waals surface area contributed by atoms with E-state index >= 15 is 0 Å². The molecule has 0 bridgehead atoms. The van der Waals surface area contributed by atoms with Crippen molar-refractivity contribution in [1.29, 1.82) is 0 Å². The number of primary amides is 1. The number of β-lactam (4-membered cyclic amide) rings is 1. The molecule has 2 N–H and O–H groups in total. The second-order valence-corrected chi connectivity index (χ2v) is 8.78. The summed E-state index contributed by atoms with van der Waals surface area (Å²) in [6.07, 6.45) is 1.71. The summed E-state index contributed by atoms with van der Waals surface area (Å²) in [6, 6.07) is 17.1. The Labute approximate surface area is 189 Å². The maximum Gasteiger partial charge on any atom is 0.237 e. The van der Waals surface area contributed by atoms with Crippen molar-refractivity contribution in [1.82, 2.24) is 9.80 Å². The molecule has 0 aromatic heterocycles. The first-order valence-corrected chi connectivity index (χ1v) is 11.1. The predicted molar refractivity (Wildman–Crippen MR) is 121 cm³/mol. The zero-order valence-electron chi connectivity index (χ0n) is 18.5. The van der Waals surface area contributed by atoms with Crippen LogP contribution in [-0.2, 0) is 27.5 Å². The van der Waals surface area contributed by atoms with Gasteiger partial charge in [0.2, 0.25) is 11.8 Å². The topological polar surface area (TPSA) is 85.1 Å². The molecule has 2 unspecified atom stereocenters. The van der Waals surface area contributed by atoms with Crippen LogP contribution >= 0.6 is 0 Å². The molecule has 2 atom stereocenters. The average molecular weight is 438 g/mol. The molecule has 2 amide bonds. The van der Waals surface area contributed by atoms with Crippen LogP contribution in [0.3, 0.4) is 0 Å². The summed E-state index contributed by atoms with van der Waals surface area (Å²) in [4.78, 5) is 29.2. The predicted octanol–water partition coefficient (Wildman–Crippen LogP) is 2.19. The molecule has 0 saturated carbocycles. The number of likely N-dealkylation sites (tertiary alicyclic amines) is 2. The van der Waals surface area contributed by atoms with Crippen LogP contribution in [0.4, 0.5) is 0 Å². The number of rotatable bonds is 9. The zero-order valence-corrected chi connectivity index (χ0v) is 18.5. The lowest BCUT2D eigenvalue weighted by atomic mass is 9.72. The summed E-state index contributed by atoms with van der Waals surface area (Å²) < 4.78 is 11.0. The first-order valence-electron chi connectivity index (χ1n) is 11.1. The second-order valence-electron chi connectivity index (χ2n) is 8.78. The van der Waals surface area contributed by atoms with E-state index in [9.17, 15) is 9.59 Å². The Balaban J connectivity index is 1.34. The summed E-state index contributed by atoms with van der Waals surface area (Å²) in [6.45, 7) is 3.24. The van der Waals surface area contributed by atoms with Gasteiger partial charge in [-0.25, -0.2) is 0 Å². The monoisotopic (exact) mass is 437 g/mol. The molecule has 2 aromatic carbocycles. The second kappa shape index (κ2) is 9.71. The van der Waals surface area contributed by atoms with Gasteiger partial charge in [-0.2, -0.15) is 0 Å². The highest BCUT2D eigenvalue weighted by Gasteiger charge is 2.54. The molecule has 1 spiro atoms. The third-order valence-electron chi connectivity index (χ3n) is 6.53. The standard InChI is InChI=1S/C25H31N3O4/c1-31-21-10-8-19(9-11-21)14-28-18-25(24(28)30)12-5-13-27(17-25)22(23(26)29)16-32-15-20-6-3-2-4-7-20/h2-4,6-11,22H,5,12-18H2,1H3,(H2,26,29). The number of nitrogens with two attached hydrogens (primary N) is 1. The lowest BCUT2D eigenvalue weighted by Gasteiger charge is -2.54. The minimum absolute atomic E-state index is 0.159. The summed E-state index contributed by atoms with van der Waals surface area (Å²) in [5.74, 6) is 0.554. The van der Waals surface area contributed by atoms with Crippen molar-refractivity contribution in [3.63, 3.8) is 0 Å². The van der Waals surface area contributed by atoms with Crippen molar-refractivity contribution in [3.8, 4) is 5.75 Å². The molecule has 0 radical (unpaired) electrons. The van der Waals surface area contributed by atoms with E-state index in [1.807, 2.05) is 64.4 Å². The zero-order chi connectivity index (χ0) is 22.6. The quantitative estimate of drug-likeness (QED) is 0.608. The third kappa shape index (κ3) is 4.79. The van der Waals surface area contributed by atoms with Crippen LogP contribution in [0, 0.1) is 5.41 Å². The van der Waals surface area contributed by atoms with Crippen LogP contribution in [0.5, 0.6) is 5.75 Å². The Morgan fingerprint density at radius 2 is 1.84 bits per heavy atom. The van der Waals surface area contributed by atoms with Gasteiger partial charge < -0.3 is 20.1 Å². The van der Waals surface area contributed by atoms with E-state index in [1.54, 1.807) is 7.11 Å². The Morgan fingerprint density at radius 1 is 1.09 bits per heavy atom. The summed E-state index contributed by atoms with van der Waals surface area (Å²) in [5, 5.41) is 0. The summed E-state index contributed by atoms with van der Waals surface area (Å²) in [7, 11) is 1.64. The fourth-order valence-electron chi connectivity index (χ4n) is 4.80. The number of hydrogen-bond acceptors (Lipinski definition) is 5. The van der Waals surface area contributed by atoms with E-state index < -0.39 is 17.4 Å². The van der Waals surface area contributed by atoms with Crippen molar-refractivity contribution < 1.29 is 19.1 Å². The highest BCUT2D eigenvalue weighted by Crippen LogP contribution is 2.41. The number of amides is 2. The van der Waals surface area contributed by atoms with Crippen molar-refractivity contribution in [2.24, 2.45) is 11.1 Å². The molecule has 2 aliphatic heterocycles. The van der Waals surface area contributed by atoms with Gasteiger partial charge in [-0.3, -0.25) is 14.5 Å². The smallest absolute Gasteiger partial charge is 0.237 e. The lowest BCUT2D eigenvalue weighted by molar-refractivity contribution is -0.170. The summed E-state index contributed by atoms with van der Waals surface area (Å²) >= 11 is 0. The Morgan fingerprint density at radius 3 is 2.50 bits per heavy atom. The Bertz CT molecular complexity index is 934. The number of hydrogen-bond donors (Lipinski definition) is 1. The van der Waals surface area contributed by atoms with Crippen LogP contribution < -0.4 is 10.5 Å². The number of nitrogens with zero attached hydrogens (tertiary/aromatic N) is 2. The van der Waals surface area contributed by atoms with Gasteiger partial charge in [-0.1, -0.05) is 42.5 Å². The van der Waals surface area contributed by atoms with E-state index in [2.05, 4.69) is 0 Å².